The van der Waals surface area contributed by atoms with Crippen molar-refractivity contribution in [3.05, 3.63) is 29.6 Å². The standard InChI is InChI=1S/C10H12FNO/c1-13-9-4-2-3-7(11)10(9)8-5-6-12-8/h2-4,8,12H,5-6H2,1H3/t8-/m1/s1. The lowest BCUT2D eigenvalue weighted by Crippen LogP contribution is -2.35. The Balaban J connectivity index is 2.39. The third kappa shape index (κ3) is 1.40. The Hall–Kier alpha value is -1.09. The first-order valence-corrected chi connectivity index (χ1v) is 4.38. The van der Waals surface area contributed by atoms with Crippen LogP contribution in [0.2, 0.25) is 0 Å². The van der Waals surface area contributed by atoms with E-state index in [0.29, 0.717) is 11.3 Å². The summed E-state index contributed by atoms with van der Waals surface area (Å²) >= 11 is 0. The molecule has 0 bridgehead atoms. The van der Waals surface area contributed by atoms with E-state index in [-0.39, 0.29) is 11.9 Å². The van der Waals surface area contributed by atoms with Gasteiger partial charge in [-0.2, -0.15) is 0 Å². The molecule has 2 nitrogen and oxygen atoms in total. The highest BCUT2D eigenvalue weighted by atomic mass is 19.1. The van der Waals surface area contributed by atoms with Crippen molar-refractivity contribution < 1.29 is 9.13 Å². The van der Waals surface area contributed by atoms with Crippen molar-refractivity contribution in [1.82, 2.24) is 5.32 Å². The van der Waals surface area contributed by atoms with Gasteiger partial charge in [-0.15, -0.1) is 0 Å². The predicted molar refractivity (Wildman–Crippen MR) is 48.3 cm³/mol. The maximum absolute atomic E-state index is 13.4. The summed E-state index contributed by atoms with van der Waals surface area (Å²) in [7, 11) is 1.57. The summed E-state index contributed by atoms with van der Waals surface area (Å²) in [4.78, 5) is 0. The van der Waals surface area contributed by atoms with Gasteiger partial charge in [0.15, 0.2) is 0 Å². The van der Waals surface area contributed by atoms with E-state index in [1.165, 1.54) is 6.07 Å². The summed E-state index contributed by atoms with van der Waals surface area (Å²) < 4.78 is 18.5. The summed E-state index contributed by atoms with van der Waals surface area (Å²) in [6.45, 7) is 0.960. The van der Waals surface area contributed by atoms with Gasteiger partial charge < -0.3 is 10.1 Å². The predicted octanol–water partition coefficient (Wildman–Crippen LogP) is 1.87. The van der Waals surface area contributed by atoms with Gasteiger partial charge in [0.1, 0.15) is 11.6 Å². The first kappa shape index (κ1) is 8.51. The lowest BCUT2D eigenvalue weighted by atomic mass is 9.96. The van der Waals surface area contributed by atoms with E-state index < -0.39 is 0 Å². The van der Waals surface area contributed by atoms with Crippen LogP contribution in [0.4, 0.5) is 4.39 Å². The minimum atomic E-state index is -0.184. The number of ether oxygens (including phenoxy) is 1. The number of halogens is 1. The molecule has 0 amide bonds. The molecule has 1 aliphatic heterocycles. The number of nitrogens with one attached hydrogen (secondary N) is 1. The molecule has 0 aromatic heterocycles. The van der Waals surface area contributed by atoms with Gasteiger partial charge in [0, 0.05) is 11.6 Å². The largest absolute Gasteiger partial charge is 0.496 e. The summed E-state index contributed by atoms with van der Waals surface area (Å²) in [6.07, 6.45) is 0.983. The van der Waals surface area contributed by atoms with Gasteiger partial charge in [0.2, 0.25) is 0 Å². The van der Waals surface area contributed by atoms with E-state index in [1.807, 2.05) is 0 Å². The van der Waals surface area contributed by atoms with Crippen molar-refractivity contribution in [2.75, 3.05) is 13.7 Å². The summed E-state index contributed by atoms with van der Waals surface area (Å²) in [5.74, 6) is 0.453. The Morgan fingerprint density at radius 3 is 2.85 bits per heavy atom. The van der Waals surface area contributed by atoms with Crippen molar-refractivity contribution >= 4 is 0 Å². The van der Waals surface area contributed by atoms with Gasteiger partial charge in [-0.3, -0.25) is 0 Å². The molecule has 1 heterocycles. The van der Waals surface area contributed by atoms with Crippen LogP contribution in [-0.2, 0) is 0 Å². The van der Waals surface area contributed by atoms with Crippen molar-refractivity contribution in [3.8, 4) is 5.75 Å². The van der Waals surface area contributed by atoms with Gasteiger partial charge in [0.05, 0.1) is 7.11 Å². The molecule has 0 radical (unpaired) electrons. The zero-order valence-corrected chi connectivity index (χ0v) is 7.51. The molecule has 3 heteroatoms. The third-order valence-corrected chi connectivity index (χ3v) is 2.41. The molecule has 2 rings (SSSR count). The Labute approximate surface area is 76.7 Å². The summed E-state index contributed by atoms with van der Waals surface area (Å²) in [5.41, 5.74) is 0.663. The van der Waals surface area contributed by atoms with Gasteiger partial charge in [-0.25, -0.2) is 4.39 Å². The van der Waals surface area contributed by atoms with E-state index in [0.717, 1.165) is 13.0 Å². The lowest BCUT2D eigenvalue weighted by Gasteiger charge is -2.29. The van der Waals surface area contributed by atoms with Crippen LogP contribution in [0.1, 0.15) is 18.0 Å². The Morgan fingerprint density at radius 1 is 1.54 bits per heavy atom. The maximum Gasteiger partial charge on any atom is 0.131 e. The second-order valence-corrected chi connectivity index (χ2v) is 3.15. The Morgan fingerprint density at radius 2 is 2.31 bits per heavy atom. The second-order valence-electron chi connectivity index (χ2n) is 3.15. The molecule has 70 valence electrons. The van der Waals surface area contributed by atoms with Crippen LogP contribution in [0.25, 0.3) is 0 Å². The van der Waals surface area contributed by atoms with Crippen molar-refractivity contribution in [1.29, 1.82) is 0 Å². The molecule has 1 aliphatic rings. The van der Waals surface area contributed by atoms with Crippen LogP contribution in [0.5, 0.6) is 5.75 Å². The topological polar surface area (TPSA) is 21.3 Å². The zero-order valence-electron chi connectivity index (χ0n) is 7.51. The molecule has 0 saturated carbocycles. The number of benzene rings is 1. The van der Waals surface area contributed by atoms with E-state index >= 15 is 0 Å². The van der Waals surface area contributed by atoms with Crippen LogP contribution in [0.15, 0.2) is 18.2 Å². The fourth-order valence-corrected chi connectivity index (χ4v) is 1.57. The minimum Gasteiger partial charge on any atom is -0.496 e. The van der Waals surface area contributed by atoms with E-state index in [1.54, 1.807) is 19.2 Å². The molecule has 1 aromatic rings. The Bertz CT molecular complexity index is 310. The first-order chi connectivity index (χ1) is 6.33. The van der Waals surface area contributed by atoms with Crippen molar-refractivity contribution in [3.63, 3.8) is 0 Å². The highest BCUT2D eigenvalue weighted by Crippen LogP contribution is 2.32. The van der Waals surface area contributed by atoms with E-state index in [9.17, 15) is 4.39 Å². The van der Waals surface area contributed by atoms with Crippen molar-refractivity contribution in [2.24, 2.45) is 0 Å². The normalized spacial score (nSPS) is 20.9. The van der Waals surface area contributed by atoms with Crippen molar-refractivity contribution in [2.45, 2.75) is 12.5 Å². The average Bonchev–Trinajstić information content (AvgIpc) is 2.05. The first-order valence-electron chi connectivity index (χ1n) is 4.38. The summed E-state index contributed by atoms with van der Waals surface area (Å²) in [6, 6.07) is 5.06. The zero-order chi connectivity index (χ0) is 9.26. The molecule has 1 aromatic carbocycles. The molecule has 1 saturated heterocycles. The minimum absolute atomic E-state index is 0.135. The number of rotatable bonds is 2. The highest BCUT2D eigenvalue weighted by molar-refractivity contribution is 5.38. The molecular weight excluding hydrogens is 169 g/mol. The van der Waals surface area contributed by atoms with Crippen LogP contribution in [0.3, 0.4) is 0 Å². The van der Waals surface area contributed by atoms with Crippen LogP contribution >= 0.6 is 0 Å². The molecule has 0 unspecified atom stereocenters. The van der Waals surface area contributed by atoms with Gasteiger partial charge in [-0.1, -0.05) is 6.07 Å². The molecule has 0 spiro atoms. The van der Waals surface area contributed by atoms with E-state index in [4.69, 9.17) is 4.74 Å². The van der Waals surface area contributed by atoms with Crippen LogP contribution < -0.4 is 10.1 Å². The quantitative estimate of drug-likeness (QED) is 0.752. The van der Waals surface area contributed by atoms with Gasteiger partial charge >= 0.3 is 0 Å². The smallest absolute Gasteiger partial charge is 0.131 e. The number of hydrogen-bond donors (Lipinski definition) is 1. The average molecular weight is 181 g/mol. The molecule has 1 N–H and O–H groups in total. The molecule has 13 heavy (non-hydrogen) atoms. The molecule has 1 atom stereocenters. The Kier molecular flexibility index (Phi) is 2.19. The van der Waals surface area contributed by atoms with Crippen LogP contribution in [0, 0.1) is 5.82 Å². The van der Waals surface area contributed by atoms with E-state index in [2.05, 4.69) is 5.32 Å². The molecule has 1 fully saturated rings. The second kappa shape index (κ2) is 3.34. The maximum atomic E-state index is 13.4. The van der Waals surface area contributed by atoms with Gasteiger partial charge in [0.25, 0.3) is 0 Å². The lowest BCUT2D eigenvalue weighted by molar-refractivity contribution is 0.341. The van der Waals surface area contributed by atoms with Crippen LogP contribution in [-0.4, -0.2) is 13.7 Å². The molecular formula is C10H12FNO. The molecule has 0 aliphatic carbocycles. The fourth-order valence-electron chi connectivity index (χ4n) is 1.57. The summed E-state index contributed by atoms with van der Waals surface area (Å²) in [5, 5.41) is 3.16. The fraction of sp³-hybridized carbons (Fsp3) is 0.400. The highest BCUT2D eigenvalue weighted by Gasteiger charge is 2.24. The monoisotopic (exact) mass is 181 g/mol. The third-order valence-electron chi connectivity index (χ3n) is 2.41. The SMILES string of the molecule is COc1cccc(F)c1[C@H]1CCN1. The number of hydrogen-bond acceptors (Lipinski definition) is 2. The van der Waals surface area contributed by atoms with Gasteiger partial charge in [-0.05, 0) is 25.1 Å². The number of methoxy groups -OCH3 is 1.